The first-order valence-electron chi connectivity index (χ1n) is 7.97. The van der Waals surface area contributed by atoms with Crippen molar-refractivity contribution in [1.29, 1.82) is 0 Å². The fraction of sp³-hybridized carbons (Fsp3) is 0.800. The second-order valence-electron chi connectivity index (χ2n) is 6.23. The summed E-state index contributed by atoms with van der Waals surface area (Å²) in [6.45, 7) is 4.99. The molecule has 6 nitrogen and oxygen atoms in total. The van der Waals surface area contributed by atoms with E-state index in [1.807, 2.05) is 6.92 Å². The van der Waals surface area contributed by atoms with Crippen molar-refractivity contribution in [2.45, 2.75) is 52.4 Å². The first kappa shape index (κ1) is 15.8. The van der Waals surface area contributed by atoms with Crippen LogP contribution in [-0.4, -0.2) is 21.2 Å². The molecule has 1 aromatic heterocycles. The summed E-state index contributed by atoms with van der Waals surface area (Å²) in [5.41, 5.74) is 0.688. The molecule has 2 unspecified atom stereocenters. The third-order valence-electron chi connectivity index (χ3n) is 4.50. The Kier molecular flexibility index (Phi) is 5.20. The molecule has 1 saturated carbocycles. The molecule has 0 spiro atoms. The van der Waals surface area contributed by atoms with Gasteiger partial charge in [-0.15, -0.1) is 0 Å². The molecule has 0 radical (unpaired) electrons. The molecule has 0 aliphatic heterocycles. The first-order valence-corrected chi connectivity index (χ1v) is 7.97. The maximum Gasteiger partial charge on any atom is 0.333 e. The minimum absolute atomic E-state index is 0.136. The fourth-order valence-corrected chi connectivity index (χ4v) is 3.41. The summed E-state index contributed by atoms with van der Waals surface area (Å²) >= 11 is 0. The van der Waals surface area contributed by atoms with Crippen LogP contribution in [0.25, 0.3) is 0 Å². The van der Waals surface area contributed by atoms with Crippen molar-refractivity contribution in [2.75, 3.05) is 11.9 Å². The topological polar surface area (TPSA) is 73.0 Å². The average Bonchev–Trinajstić information content (AvgIpc) is 2.75. The lowest BCUT2D eigenvalue weighted by molar-refractivity contribution is -0.384. The summed E-state index contributed by atoms with van der Waals surface area (Å²) in [7, 11) is 1.76. The van der Waals surface area contributed by atoms with Crippen molar-refractivity contribution in [3.63, 3.8) is 0 Å². The van der Waals surface area contributed by atoms with E-state index in [1.165, 1.54) is 25.7 Å². The lowest BCUT2D eigenvalue weighted by atomic mass is 9.81. The highest BCUT2D eigenvalue weighted by atomic mass is 16.6. The Morgan fingerprint density at radius 3 is 2.86 bits per heavy atom. The van der Waals surface area contributed by atoms with E-state index in [4.69, 9.17) is 0 Å². The third-order valence-corrected chi connectivity index (χ3v) is 4.50. The normalized spacial score (nSPS) is 22.2. The van der Waals surface area contributed by atoms with Crippen LogP contribution in [-0.2, 0) is 13.5 Å². The monoisotopic (exact) mass is 294 g/mol. The Morgan fingerprint density at radius 1 is 1.48 bits per heavy atom. The minimum Gasteiger partial charge on any atom is -0.365 e. The number of anilines is 1. The van der Waals surface area contributed by atoms with Crippen molar-refractivity contribution < 1.29 is 4.92 Å². The van der Waals surface area contributed by atoms with Gasteiger partial charge in [0.15, 0.2) is 0 Å². The summed E-state index contributed by atoms with van der Waals surface area (Å²) < 4.78 is 1.60. The molecular formula is C15H26N4O2. The molecule has 1 heterocycles. The first-order chi connectivity index (χ1) is 10.0. The summed E-state index contributed by atoms with van der Waals surface area (Å²) in [6.07, 6.45) is 6.89. The molecule has 118 valence electrons. The number of aryl methyl sites for hydroxylation is 2. The van der Waals surface area contributed by atoms with Crippen LogP contribution >= 0.6 is 0 Å². The van der Waals surface area contributed by atoms with Gasteiger partial charge in [0.05, 0.1) is 4.92 Å². The highest BCUT2D eigenvalue weighted by Crippen LogP contribution is 2.32. The molecular weight excluding hydrogens is 268 g/mol. The molecule has 0 saturated heterocycles. The van der Waals surface area contributed by atoms with Gasteiger partial charge in [0, 0.05) is 13.6 Å². The predicted molar refractivity (Wildman–Crippen MR) is 83.5 cm³/mol. The molecule has 1 aromatic rings. The van der Waals surface area contributed by atoms with Crippen LogP contribution in [0.1, 0.15) is 51.6 Å². The van der Waals surface area contributed by atoms with E-state index in [9.17, 15) is 10.1 Å². The Morgan fingerprint density at radius 2 is 2.24 bits per heavy atom. The van der Waals surface area contributed by atoms with Gasteiger partial charge in [0.2, 0.25) is 5.82 Å². The molecule has 0 aromatic carbocycles. The number of nitrogens with one attached hydrogen (secondary N) is 1. The lowest BCUT2D eigenvalue weighted by Crippen LogP contribution is -2.17. The minimum atomic E-state index is -0.323. The Bertz CT molecular complexity index is 498. The smallest absolute Gasteiger partial charge is 0.333 e. The van der Waals surface area contributed by atoms with Crippen LogP contribution in [0, 0.1) is 22.0 Å². The third kappa shape index (κ3) is 3.74. The SMILES string of the molecule is CCc1nn(C)c(NCCC2CCCC(C)C2)c1[N+](=O)[O-]. The van der Waals surface area contributed by atoms with E-state index in [2.05, 4.69) is 17.3 Å². The van der Waals surface area contributed by atoms with E-state index < -0.39 is 0 Å². The number of hydrogen-bond donors (Lipinski definition) is 1. The number of nitro groups is 1. The van der Waals surface area contributed by atoms with Crippen LogP contribution in [0.4, 0.5) is 11.5 Å². The Balaban J connectivity index is 1.96. The molecule has 0 bridgehead atoms. The van der Waals surface area contributed by atoms with E-state index in [-0.39, 0.29) is 10.6 Å². The lowest BCUT2D eigenvalue weighted by Gasteiger charge is -2.26. The zero-order valence-corrected chi connectivity index (χ0v) is 13.3. The number of hydrogen-bond acceptors (Lipinski definition) is 4. The largest absolute Gasteiger partial charge is 0.365 e. The van der Waals surface area contributed by atoms with E-state index in [1.54, 1.807) is 11.7 Å². The maximum atomic E-state index is 11.2. The molecule has 1 fully saturated rings. The van der Waals surface area contributed by atoms with Crippen molar-refractivity contribution in [3.8, 4) is 0 Å². The van der Waals surface area contributed by atoms with Gasteiger partial charge < -0.3 is 5.32 Å². The van der Waals surface area contributed by atoms with Gasteiger partial charge >= 0.3 is 5.69 Å². The average molecular weight is 294 g/mol. The molecule has 0 amide bonds. The standard InChI is InChI=1S/C15H26N4O2/c1-4-13-14(19(20)21)15(18(3)17-13)16-9-8-12-7-5-6-11(2)10-12/h11-12,16H,4-10H2,1-3H3. The van der Waals surface area contributed by atoms with Crippen LogP contribution in [0.15, 0.2) is 0 Å². The molecule has 2 atom stereocenters. The van der Waals surface area contributed by atoms with Crippen molar-refractivity contribution >= 4 is 11.5 Å². The maximum absolute atomic E-state index is 11.2. The van der Waals surface area contributed by atoms with Gasteiger partial charge in [0.25, 0.3) is 0 Å². The van der Waals surface area contributed by atoms with Crippen LogP contribution in [0.5, 0.6) is 0 Å². The molecule has 6 heteroatoms. The van der Waals surface area contributed by atoms with E-state index in [0.29, 0.717) is 17.9 Å². The van der Waals surface area contributed by atoms with E-state index in [0.717, 1.165) is 24.8 Å². The summed E-state index contributed by atoms with van der Waals surface area (Å²) in [6, 6.07) is 0. The summed E-state index contributed by atoms with van der Waals surface area (Å²) in [4.78, 5) is 10.9. The molecule has 1 aliphatic carbocycles. The highest BCUT2D eigenvalue weighted by molar-refractivity contribution is 5.59. The van der Waals surface area contributed by atoms with Crippen molar-refractivity contribution in [3.05, 3.63) is 15.8 Å². The van der Waals surface area contributed by atoms with E-state index >= 15 is 0 Å². The summed E-state index contributed by atoms with van der Waals surface area (Å²) in [5.74, 6) is 2.11. The van der Waals surface area contributed by atoms with Crippen molar-refractivity contribution in [2.24, 2.45) is 18.9 Å². The molecule has 1 aliphatic rings. The predicted octanol–water partition coefficient (Wildman–Crippen LogP) is 3.52. The van der Waals surface area contributed by atoms with Gasteiger partial charge in [-0.1, -0.05) is 33.1 Å². The van der Waals surface area contributed by atoms with Crippen molar-refractivity contribution in [1.82, 2.24) is 9.78 Å². The second kappa shape index (κ2) is 6.91. The van der Waals surface area contributed by atoms with Crippen LogP contribution in [0.2, 0.25) is 0 Å². The van der Waals surface area contributed by atoms with Crippen LogP contribution < -0.4 is 5.32 Å². The molecule has 2 rings (SSSR count). The second-order valence-corrected chi connectivity index (χ2v) is 6.23. The summed E-state index contributed by atoms with van der Waals surface area (Å²) in [5, 5.41) is 18.7. The number of rotatable bonds is 6. The quantitative estimate of drug-likeness (QED) is 0.643. The zero-order chi connectivity index (χ0) is 15.4. The van der Waals surface area contributed by atoms with Crippen LogP contribution in [0.3, 0.4) is 0 Å². The van der Waals surface area contributed by atoms with Gasteiger partial charge in [-0.25, -0.2) is 4.68 Å². The molecule has 21 heavy (non-hydrogen) atoms. The number of aromatic nitrogens is 2. The number of nitrogens with zero attached hydrogens (tertiary/aromatic N) is 3. The Hall–Kier alpha value is -1.59. The van der Waals surface area contributed by atoms with Gasteiger partial charge in [0.1, 0.15) is 5.69 Å². The van der Waals surface area contributed by atoms with Gasteiger partial charge in [-0.05, 0) is 31.1 Å². The van der Waals surface area contributed by atoms with Gasteiger partial charge in [-0.3, -0.25) is 10.1 Å². The van der Waals surface area contributed by atoms with Gasteiger partial charge in [-0.2, -0.15) is 5.10 Å². The highest BCUT2D eigenvalue weighted by Gasteiger charge is 2.25. The molecule has 1 N–H and O–H groups in total. The Labute approximate surface area is 126 Å². The fourth-order valence-electron chi connectivity index (χ4n) is 3.41. The zero-order valence-electron chi connectivity index (χ0n) is 13.3.